The van der Waals surface area contributed by atoms with E-state index in [0.29, 0.717) is 17.3 Å². The molecule has 1 N–H and O–H groups in total. The molecule has 1 fully saturated rings. The van der Waals surface area contributed by atoms with E-state index < -0.39 is 0 Å². The van der Waals surface area contributed by atoms with Gasteiger partial charge in [0.05, 0.1) is 10.9 Å². The quantitative estimate of drug-likeness (QED) is 0.789. The van der Waals surface area contributed by atoms with E-state index in [1.54, 1.807) is 36.0 Å². The summed E-state index contributed by atoms with van der Waals surface area (Å²) in [6.45, 7) is 2.74. The number of nitrogens with one attached hydrogen (secondary N) is 1. The summed E-state index contributed by atoms with van der Waals surface area (Å²) >= 11 is 1.64. The average molecular weight is 336 g/mol. The number of fused-ring (bicyclic) bond motifs is 1. The molecule has 4 rings (SSSR count). The van der Waals surface area contributed by atoms with Crippen molar-refractivity contribution in [2.24, 2.45) is 5.92 Å². The van der Waals surface area contributed by atoms with Crippen molar-refractivity contribution in [2.75, 3.05) is 29.9 Å². The largest absolute Gasteiger partial charge is 0.369 e. The molecule has 1 saturated heterocycles. The van der Waals surface area contributed by atoms with Gasteiger partial charge >= 0.3 is 0 Å². The van der Waals surface area contributed by atoms with E-state index in [-0.39, 0.29) is 0 Å². The maximum Gasteiger partial charge on any atom is 0.143 e. The maximum atomic E-state index is 9.13. The number of hydrogen-bond donors (Lipinski definition) is 1. The molecule has 0 bridgehead atoms. The fourth-order valence-electron chi connectivity index (χ4n) is 3.10. The first-order valence-corrected chi connectivity index (χ1v) is 8.75. The fraction of sp³-hybridized carbons (Fsp3) is 0.294. The second-order valence-electron chi connectivity index (χ2n) is 5.83. The average Bonchev–Trinajstić information content (AvgIpc) is 3.29. The molecule has 0 aliphatic carbocycles. The molecule has 3 aromatic heterocycles. The van der Waals surface area contributed by atoms with Gasteiger partial charge in [-0.05, 0) is 35.9 Å². The maximum absolute atomic E-state index is 9.13. The van der Waals surface area contributed by atoms with Crippen molar-refractivity contribution >= 4 is 33.2 Å². The van der Waals surface area contributed by atoms with Gasteiger partial charge in [0.15, 0.2) is 0 Å². The first kappa shape index (κ1) is 14.8. The molecule has 3 aromatic rings. The van der Waals surface area contributed by atoms with Gasteiger partial charge in [-0.3, -0.25) is 0 Å². The Kier molecular flexibility index (Phi) is 3.97. The van der Waals surface area contributed by atoms with Gasteiger partial charge in [-0.25, -0.2) is 15.0 Å². The van der Waals surface area contributed by atoms with Crippen molar-refractivity contribution < 1.29 is 0 Å². The SMILES string of the molecule is N#Cc1cccnc1NC[C@H]1CCN(c2ncnc3sccc23)C1. The number of pyridine rings is 1. The van der Waals surface area contributed by atoms with Crippen molar-refractivity contribution in [1.82, 2.24) is 15.0 Å². The summed E-state index contributed by atoms with van der Waals surface area (Å²) in [5.74, 6) is 2.20. The second kappa shape index (κ2) is 6.42. The Hall–Kier alpha value is -2.72. The summed E-state index contributed by atoms with van der Waals surface area (Å²) < 4.78 is 0. The molecule has 0 aromatic carbocycles. The zero-order chi connectivity index (χ0) is 16.4. The Bertz CT molecular complexity index is 899. The van der Waals surface area contributed by atoms with Crippen LogP contribution in [0.15, 0.2) is 36.1 Å². The third kappa shape index (κ3) is 2.76. The first-order chi connectivity index (χ1) is 11.8. The lowest BCUT2D eigenvalue weighted by molar-refractivity contribution is 0.621. The molecule has 1 atom stereocenters. The second-order valence-corrected chi connectivity index (χ2v) is 6.72. The molecule has 1 aliphatic heterocycles. The van der Waals surface area contributed by atoms with Crippen LogP contribution in [0.25, 0.3) is 10.2 Å². The third-order valence-corrected chi connectivity index (χ3v) is 5.13. The van der Waals surface area contributed by atoms with Crippen LogP contribution in [0.4, 0.5) is 11.6 Å². The van der Waals surface area contributed by atoms with Crippen molar-refractivity contribution in [3.63, 3.8) is 0 Å². The lowest BCUT2D eigenvalue weighted by atomic mass is 10.1. The molecule has 24 heavy (non-hydrogen) atoms. The Morgan fingerprint density at radius 1 is 1.33 bits per heavy atom. The summed E-state index contributed by atoms with van der Waals surface area (Å²) in [6, 6.07) is 7.83. The van der Waals surface area contributed by atoms with Crippen LogP contribution in [0.3, 0.4) is 0 Å². The Morgan fingerprint density at radius 2 is 2.29 bits per heavy atom. The number of thiophene rings is 1. The monoisotopic (exact) mass is 336 g/mol. The topological polar surface area (TPSA) is 77.7 Å². The van der Waals surface area contributed by atoms with E-state index in [0.717, 1.165) is 42.1 Å². The van der Waals surface area contributed by atoms with Gasteiger partial charge in [0.1, 0.15) is 28.9 Å². The molecule has 0 saturated carbocycles. The number of rotatable bonds is 4. The van der Waals surface area contributed by atoms with Crippen LogP contribution < -0.4 is 10.2 Å². The summed E-state index contributed by atoms with van der Waals surface area (Å²) in [5, 5.41) is 15.6. The zero-order valence-corrected chi connectivity index (χ0v) is 13.8. The Morgan fingerprint density at radius 3 is 3.21 bits per heavy atom. The minimum Gasteiger partial charge on any atom is -0.369 e. The molecule has 0 unspecified atom stereocenters. The number of anilines is 2. The van der Waals surface area contributed by atoms with Crippen molar-refractivity contribution in [3.8, 4) is 6.07 Å². The molecule has 6 nitrogen and oxygen atoms in total. The highest BCUT2D eigenvalue weighted by atomic mass is 32.1. The van der Waals surface area contributed by atoms with Gasteiger partial charge in [-0.1, -0.05) is 0 Å². The van der Waals surface area contributed by atoms with Crippen LogP contribution >= 0.6 is 11.3 Å². The minimum absolute atomic E-state index is 0.502. The van der Waals surface area contributed by atoms with Gasteiger partial charge in [0.2, 0.25) is 0 Å². The number of nitriles is 1. The number of nitrogens with zero attached hydrogens (tertiary/aromatic N) is 5. The highest BCUT2D eigenvalue weighted by Crippen LogP contribution is 2.30. The standard InChI is InChI=1S/C17H16N6S/c18-8-13-2-1-5-19-15(13)20-9-12-3-6-23(10-12)16-14-4-7-24-17(14)22-11-21-16/h1-2,4-5,7,11-12H,3,6,9-10H2,(H,19,20)/t12-/m1/s1. The lowest BCUT2D eigenvalue weighted by Crippen LogP contribution is -2.23. The first-order valence-electron chi connectivity index (χ1n) is 7.87. The van der Waals surface area contributed by atoms with Crippen LogP contribution in [0.1, 0.15) is 12.0 Å². The Balaban J connectivity index is 1.44. The third-order valence-electron chi connectivity index (χ3n) is 4.31. The van der Waals surface area contributed by atoms with E-state index >= 15 is 0 Å². The molecule has 120 valence electrons. The predicted octanol–water partition coefficient (Wildman–Crippen LogP) is 2.90. The van der Waals surface area contributed by atoms with E-state index in [4.69, 9.17) is 5.26 Å². The molecule has 1 aliphatic rings. The van der Waals surface area contributed by atoms with Crippen molar-refractivity contribution in [1.29, 1.82) is 5.26 Å². The lowest BCUT2D eigenvalue weighted by Gasteiger charge is -2.18. The van der Waals surface area contributed by atoms with Crippen LogP contribution in [-0.4, -0.2) is 34.6 Å². The zero-order valence-electron chi connectivity index (χ0n) is 13.0. The van der Waals surface area contributed by atoms with E-state index in [1.165, 1.54) is 0 Å². The normalized spacial score (nSPS) is 17.1. The minimum atomic E-state index is 0.502. The summed E-state index contributed by atoms with van der Waals surface area (Å²) in [6.07, 6.45) is 4.45. The molecule has 0 amide bonds. The fourth-order valence-corrected chi connectivity index (χ4v) is 3.83. The van der Waals surface area contributed by atoms with E-state index in [2.05, 4.69) is 42.7 Å². The summed E-state index contributed by atoms with van der Waals surface area (Å²) in [5.41, 5.74) is 0.586. The number of hydrogen-bond acceptors (Lipinski definition) is 7. The van der Waals surface area contributed by atoms with Gasteiger partial charge in [0.25, 0.3) is 0 Å². The molecule has 0 spiro atoms. The van der Waals surface area contributed by atoms with Gasteiger partial charge in [0, 0.05) is 25.8 Å². The summed E-state index contributed by atoms with van der Waals surface area (Å²) in [7, 11) is 0. The van der Waals surface area contributed by atoms with Gasteiger partial charge < -0.3 is 10.2 Å². The van der Waals surface area contributed by atoms with Crippen molar-refractivity contribution in [3.05, 3.63) is 41.7 Å². The predicted molar refractivity (Wildman–Crippen MR) is 95.2 cm³/mol. The van der Waals surface area contributed by atoms with Gasteiger partial charge in [-0.15, -0.1) is 11.3 Å². The van der Waals surface area contributed by atoms with E-state index in [9.17, 15) is 0 Å². The number of aromatic nitrogens is 3. The molecule has 4 heterocycles. The Labute approximate surface area is 143 Å². The van der Waals surface area contributed by atoms with E-state index in [1.807, 2.05) is 0 Å². The smallest absolute Gasteiger partial charge is 0.143 e. The molecule has 0 radical (unpaired) electrons. The van der Waals surface area contributed by atoms with Crippen LogP contribution in [0.2, 0.25) is 0 Å². The highest BCUT2D eigenvalue weighted by molar-refractivity contribution is 7.16. The van der Waals surface area contributed by atoms with Crippen LogP contribution in [-0.2, 0) is 0 Å². The van der Waals surface area contributed by atoms with Crippen LogP contribution in [0, 0.1) is 17.2 Å². The van der Waals surface area contributed by atoms with Crippen LogP contribution in [0.5, 0.6) is 0 Å². The molecular formula is C17H16N6S. The molecular weight excluding hydrogens is 320 g/mol. The van der Waals surface area contributed by atoms with Crippen molar-refractivity contribution in [2.45, 2.75) is 6.42 Å². The molecule has 7 heteroatoms. The van der Waals surface area contributed by atoms with Gasteiger partial charge in [-0.2, -0.15) is 5.26 Å². The summed E-state index contributed by atoms with van der Waals surface area (Å²) in [4.78, 5) is 16.4. The highest BCUT2D eigenvalue weighted by Gasteiger charge is 2.25.